The zero-order valence-corrected chi connectivity index (χ0v) is 17.4. The fourth-order valence-corrected chi connectivity index (χ4v) is 4.16. The number of phenolic OH excluding ortho intramolecular Hbond substituents is 1. The number of phenols is 1. The highest BCUT2D eigenvalue weighted by molar-refractivity contribution is 5.79. The molecule has 1 heterocycles. The minimum Gasteiger partial charge on any atom is -0.504 e. The maximum absolute atomic E-state index is 12.8. The first kappa shape index (κ1) is 20.8. The Morgan fingerprint density at radius 3 is 2.31 bits per heavy atom. The van der Waals surface area contributed by atoms with Gasteiger partial charge in [-0.25, -0.2) is 0 Å². The molecule has 2 atom stereocenters. The molecule has 0 spiro atoms. The van der Waals surface area contributed by atoms with Crippen LogP contribution in [0, 0.1) is 11.3 Å². The van der Waals surface area contributed by atoms with Gasteiger partial charge in [0.2, 0.25) is 0 Å². The zero-order valence-electron chi connectivity index (χ0n) is 17.4. The standard InChI is InChI=1S/C23H28O6/c1-5-23(13-16-6-8-18(24)20(12-16)27-3)17(14-29-22(23)25)10-15-7-9-19(26-2)21(11-15)28-4/h6-9,11-12,17,24H,5,10,13-14H2,1-4H3/t17-,23+/m0/s1. The van der Waals surface area contributed by atoms with Gasteiger partial charge in [0.05, 0.1) is 33.4 Å². The molecule has 29 heavy (non-hydrogen) atoms. The normalized spacial score (nSPS) is 21.0. The van der Waals surface area contributed by atoms with Crippen molar-refractivity contribution in [2.24, 2.45) is 11.3 Å². The molecule has 1 saturated heterocycles. The molecule has 1 aliphatic heterocycles. The van der Waals surface area contributed by atoms with Crippen molar-refractivity contribution in [2.45, 2.75) is 26.2 Å². The second kappa shape index (κ2) is 8.64. The predicted octanol–water partition coefficient (Wildman–Crippen LogP) is 3.77. The number of aromatic hydroxyl groups is 1. The molecule has 1 N–H and O–H groups in total. The summed E-state index contributed by atoms with van der Waals surface area (Å²) < 4.78 is 21.5. The average molecular weight is 400 g/mol. The summed E-state index contributed by atoms with van der Waals surface area (Å²) in [5.41, 5.74) is 1.36. The molecule has 1 aliphatic rings. The Morgan fingerprint density at radius 2 is 1.66 bits per heavy atom. The average Bonchev–Trinajstić information content (AvgIpc) is 3.04. The maximum atomic E-state index is 12.8. The third-order valence-corrected chi connectivity index (χ3v) is 5.93. The van der Waals surface area contributed by atoms with E-state index in [-0.39, 0.29) is 17.6 Å². The van der Waals surface area contributed by atoms with Crippen molar-refractivity contribution in [2.75, 3.05) is 27.9 Å². The summed E-state index contributed by atoms with van der Waals surface area (Å²) in [6.45, 7) is 2.40. The Morgan fingerprint density at radius 1 is 1.00 bits per heavy atom. The summed E-state index contributed by atoms with van der Waals surface area (Å²) in [5, 5.41) is 9.87. The summed E-state index contributed by atoms with van der Waals surface area (Å²) in [6.07, 6.45) is 1.87. The van der Waals surface area contributed by atoms with Gasteiger partial charge in [-0.15, -0.1) is 0 Å². The van der Waals surface area contributed by atoms with Crippen LogP contribution in [0.1, 0.15) is 24.5 Å². The first-order chi connectivity index (χ1) is 14.0. The molecular weight excluding hydrogens is 372 g/mol. The van der Waals surface area contributed by atoms with Crippen LogP contribution in [0.15, 0.2) is 36.4 Å². The summed E-state index contributed by atoms with van der Waals surface area (Å²) in [7, 11) is 4.73. The van der Waals surface area contributed by atoms with E-state index in [1.165, 1.54) is 7.11 Å². The molecular formula is C23H28O6. The van der Waals surface area contributed by atoms with E-state index in [2.05, 4.69) is 0 Å². The Balaban J connectivity index is 1.89. The molecule has 0 radical (unpaired) electrons. The number of carbonyl (C=O) groups excluding carboxylic acids is 1. The van der Waals surface area contributed by atoms with Gasteiger partial charge in [0.1, 0.15) is 0 Å². The Labute approximate surface area is 171 Å². The van der Waals surface area contributed by atoms with Crippen molar-refractivity contribution in [3.8, 4) is 23.0 Å². The lowest BCUT2D eigenvalue weighted by atomic mass is 9.69. The third-order valence-electron chi connectivity index (χ3n) is 5.93. The van der Waals surface area contributed by atoms with Crippen LogP contribution in [-0.4, -0.2) is 39.0 Å². The van der Waals surface area contributed by atoms with Crippen LogP contribution < -0.4 is 14.2 Å². The van der Waals surface area contributed by atoms with Crippen molar-refractivity contribution in [3.63, 3.8) is 0 Å². The van der Waals surface area contributed by atoms with Gasteiger partial charge in [0, 0.05) is 5.92 Å². The van der Waals surface area contributed by atoms with E-state index in [0.29, 0.717) is 43.1 Å². The Bertz CT molecular complexity index is 878. The van der Waals surface area contributed by atoms with Crippen LogP contribution in [0.3, 0.4) is 0 Å². The highest BCUT2D eigenvalue weighted by Gasteiger charge is 2.50. The fraction of sp³-hybridized carbons (Fsp3) is 0.435. The third kappa shape index (κ3) is 3.97. The lowest BCUT2D eigenvalue weighted by Gasteiger charge is -2.30. The number of carbonyl (C=O) groups is 1. The monoisotopic (exact) mass is 400 g/mol. The van der Waals surface area contributed by atoms with Crippen LogP contribution in [-0.2, 0) is 22.4 Å². The molecule has 3 rings (SSSR count). The lowest BCUT2D eigenvalue weighted by Crippen LogP contribution is -2.36. The second-order valence-corrected chi connectivity index (χ2v) is 7.38. The minimum absolute atomic E-state index is 0.0258. The molecule has 6 nitrogen and oxygen atoms in total. The van der Waals surface area contributed by atoms with Gasteiger partial charge in [0.25, 0.3) is 0 Å². The van der Waals surface area contributed by atoms with E-state index in [1.54, 1.807) is 26.4 Å². The highest BCUT2D eigenvalue weighted by atomic mass is 16.5. The quantitative estimate of drug-likeness (QED) is 0.680. The topological polar surface area (TPSA) is 74.2 Å². The fourth-order valence-electron chi connectivity index (χ4n) is 4.16. The number of methoxy groups -OCH3 is 3. The highest BCUT2D eigenvalue weighted by Crippen LogP contribution is 2.45. The van der Waals surface area contributed by atoms with Gasteiger partial charge < -0.3 is 24.1 Å². The lowest BCUT2D eigenvalue weighted by molar-refractivity contribution is -0.146. The van der Waals surface area contributed by atoms with Crippen molar-refractivity contribution in [1.82, 2.24) is 0 Å². The number of benzene rings is 2. The molecule has 156 valence electrons. The van der Waals surface area contributed by atoms with Crippen LogP contribution in [0.25, 0.3) is 0 Å². The Hall–Kier alpha value is -2.89. The molecule has 0 aliphatic carbocycles. The van der Waals surface area contributed by atoms with Gasteiger partial charge in [-0.3, -0.25) is 4.79 Å². The SMILES string of the molecule is CC[C@]1(Cc2ccc(O)c(OC)c2)C(=O)OC[C@@H]1Cc1ccc(OC)c(OC)c1. The molecule has 2 aromatic rings. The number of esters is 1. The maximum Gasteiger partial charge on any atom is 0.312 e. The van der Waals surface area contributed by atoms with Gasteiger partial charge in [0.15, 0.2) is 23.0 Å². The predicted molar refractivity (Wildman–Crippen MR) is 109 cm³/mol. The van der Waals surface area contributed by atoms with E-state index >= 15 is 0 Å². The van der Waals surface area contributed by atoms with E-state index in [0.717, 1.165) is 11.1 Å². The molecule has 0 aromatic heterocycles. The number of hydrogen-bond acceptors (Lipinski definition) is 6. The van der Waals surface area contributed by atoms with Gasteiger partial charge >= 0.3 is 5.97 Å². The van der Waals surface area contributed by atoms with Crippen LogP contribution in [0.5, 0.6) is 23.0 Å². The Kier molecular flexibility index (Phi) is 6.20. The number of ether oxygens (including phenoxy) is 4. The number of cyclic esters (lactones) is 1. The van der Waals surface area contributed by atoms with Crippen molar-refractivity contribution < 1.29 is 28.8 Å². The first-order valence-electron chi connectivity index (χ1n) is 9.71. The summed E-state index contributed by atoms with van der Waals surface area (Å²) in [6, 6.07) is 11.0. The van der Waals surface area contributed by atoms with Crippen molar-refractivity contribution >= 4 is 5.97 Å². The largest absolute Gasteiger partial charge is 0.504 e. The second-order valence-electron chi connectivity index (χ2n) is 7.38. The smallest absolute Gasteiger partial charge is 0.312 e. The van der Waals surface area contributed by atoms with Crippen LogP contribution in [0.2, 0.25) is 0 Å². The van der Waals surface area contributed by atoms with Crippen molar-refractivity contribution in [1.29, 1.82) is 0 Å². The molecule has 0 unspecified atom stereocenters. The van der Waals surface area contributed by atoms with Crippen LogP contribution >= 0.6 is 0 Å². The van der Waals surface area contributed by atoms with E-state index in [9.17, 15) is 9.90 Å². The molecule has 0 saturated carbocycles. The van der Waals surface area contributed by atoms with E-state index < -0.39 is 5.41 Å². The number of hydrogen-bond donors (Lipinski definition) is 1. The summed E-state index contributed by atoms with van der Waals surface area (Å²) in [4.78, 5) is 12.8. The van der Waals surface area contributed by atoms with E-state index in [1.807, 2.05) is 31.2 Å². The molecule has 6 heteroatoms. The summed E-state index contributed by atoms with van der Waals surface area (Å²) >= 11 is 0. The van der Waals surface area contributed by atoms with Gasteiger partial charge in [-0.2, -0.15) is 0 Å². The first-order valence-corrected chi connectivity index (χ1v) is 9.71. The van der Waals surface area contributed by atoms with E-state index in [4.69, 9.17) is 18.9 Å². The minimum atomic E-state index is -0.630. The molecule has 0 bridgehead atoms. The van der Waals surface area contributed by atoms with Gasteiger partial charge in [-0.05, 0) is 54.7 Å². The van der Waals surface area contributed by atoms with Crippen LogP contribution in [0.4, 0.5) is 0 Å². The molecule has 1 fully saturated rings. The number of rotatable bonds is 8. The molecule has 2 aromatic carbocycles. The van der Waals surface area contributed by atoms with Crippen molar-refractivity contribution in [3.05, 3.63) is 47.5 Å². The summed E-state index contributed by atoms with van der Waals surface area (Å²) in [5.74, 6) is 1.68. The molecule has 0 amide bonds. The van der Waals surface area contributed by atoms with Gasteiger partial charge in [-0.1, -0.05) is 19.1 Å². The zero-order chi connectivity index (χ0) is 21.0.